The normalized spacial score (nSPS) is 20.3. The van der Waals surface area contributed by atoms with E-state index in [4.69, 9.17) is 4.98 Å². The summed E-state index contributed by atoms with van der Waals surface area (Å²) in [6.45, 7) is 3.36. The summed E-state index contributed by atoms with van der Waals surface area (Å²) in [5.41, 5.74) is 1.76. The van der Waals surface area contributed by atoms with Crippen LogP contribution in [0.5, 0.6) is 0 Å². The Kier molecular flexibility index (Phi) is 6.07. The van der Waals surface area contributed by atoms with Gasteiger partial charge in [0.2, 0.25) is 5.91 Å². The van der Waals surface area contributed by atoms with Gasteiger partial charge in [0, 0.05) is 43.9 Å². The molecule has 2 fully saturated rings. The maximum absolute atomic E-state index is 15.5. The minimum atomic E-state index is -0.494. The Bertz CT molecular complexity index is 1190. The van der Waals surface area contributed by atoms with Crippen LogP contribution in [0.3, 0.4) is 0 Å². The van der Waals surface area contributed by atoms with Crippen LogP contribution in [0.15, 0.2) is 35.6 Å². The summed E-state index contributed by atoms with van der Waals surface area (Å²) in [7, 11) is 2.16. The summed E-state index contributed by atoms with van der Waals surface area (Å²) in [4.78, 5) is 31.1. The molecule has 0 radical (unpaired) electrons. The van der Waals surface area contributed by atoms with E-state index in [2.05, 4.69) is 32.1 Å². The van der Waals surface area contributed by atoms with Crippen molar-refractivity contribution in [1.29, 1.82) is 0 Å². The van der Waals surface area contributed by atoms with Crippen LogP contribution in [0.1, 0.15) is 19.8 Å². The molecule has 1 aromatic carbocycles. The van der Waals surface area contributed by atoms with Crippen LogP contribution < -0.4 is 10.2 Å². The maximum atomic E-state index is 15.5. The summed E-state index contributed by atoms with van der Waals surface area (Å²) < 4.78 is 15.5. The number of piperazine rings is 1. The molecule has 5 rings (SSSR count). The number of benzene rings is 1. The number of hydrogen-bond acceptors (Lipinski definition) is 8. The van der Waals surface area contributed by atoms with Crippen LogP contribution in [0.2, 0.25) is 0 Å². The summed E-state index contributed by atoms with van der Waals surface area (Å²) in [6, 6.07) is 7.66. The zero-order valence-electron chi connectivity index (χ0n) is 18.7. The van der Waals surface area contributed by atoms with Gasteiger partial charge in [-0.25, -0.2) is 19.3 Å². The number of likely N-dealkylation sites (tertiary alicyclic amines) is 1. The number of rotatable bonds is 5. The van der Waals surface area contributed by atoms with Crippen LogP contribution in [0.4, 0.5) is 15.2 Å². The Labute approximate surface area is 200 Å². The molecule has 3 aromatic rings. The highest BCUT2D eigenvalue weighted by molar-refractivity contribution is 7.98. The van der Waals surface area contributed by atoms with Crippen molar-refractivity contribution in [3.8, 4) is 21.8 Å². The van der Waals surface area contributed by atoms with E-state index in [1.807, 2.05) is 12.3 Å². The zero-order valence-corrected chi connectivity index (χ0v) is 20.3. The molecule has 33 heavy (non-hydrogen) atoms. The largest absolute Gasteiger partial charge is 0.340 e. The van der Waals surface area contributed by atoms with Gasteiger partial charge in [0.15, 0.2) is 16.1 Å². The van der Waals surface area contributed by atoms with Gasteiger partial charge in [-0.2, -0.15) is 0 Å². The number of likely N-dealkylation sites (N-methyl/N-ethyl adjacent to an activating group) is 1. The van der Waals surface area contributed by atoms with Gasteiger partial charge in [0.1, 0.15) is 0 Å². The zero-order chi connectivity index (χ0) is 23.1. The van der Waals surface area contributed by atoms with E-state index in [0.717, 1.165) is 41.6 Å². The van der Waals surface area contributed by atoms with Crippen LogP contribution in [-0.4, -0.2) is 64.2 Å². The Hall–Kier alpha value is -2.56. The molecular formula is C23H25FN6OS2. The van der Waals surface area contributed by atoms with Crippen molar-refractivity contribution in [2.45, 2.75) is 37.0 Å². The van der Waals surface area contributed by atoms with Crippen LogP contribution in [0, 0.1) is 5.82 Å². The Morgan fingerprint density at radius 1 is 1.21 bits per heavy atom. The molecule has 2 saturated heterocycles. The number of fused-ring (bicyclic) bond motifs is 2. The van der Waals surface area contributed by atoms with Crippen molar-refractivity contribution in [2.24, 2.45) is 0 Å². The molecule has 4 heterocycles. The van der Waals surface area contributed by atoms with Crippen molar-refractivity contribution >= 4 is 39.8 Å². The Morgan fingerprint density at radius 2 is 1.97 bits per heavy atom. The second kappa shape index (κ2) is 9.00. The maximum Gasteiger partial charge on any atom is 0.221 e. The molecular weight excluding hydrogens is 459 g/mol. The first kappa shape index (κ1) is 22.2. The highest BCUT2D eigenvalue weighted by atomic mass is 32.2. The first-order valence-corrected chi connectivity index (χ1v) is 12.9. The van der Waals surface area contributed by atoms with E-state index in [1.165, 1.54) is 18.7 Å². The first-order chi connectivity index (χ1) is 15.9. The number of nitrogens with zero attached hydrogens (tertiary/aromatic N) is 5. The molecule has 2 atom stereocenters. The third-order valence-electron chi connectivity index (χ3n) is 6.11. The van der Waals surface area contributed by atoms with E-state index in [0.29, 0.717) is 28.5 Å². The number of amides is 1. The van der Waals surface area contributed by atoms with Gasteiger partial charge < -0.3 is 15.1 Å². The standard InChI is InChI=1S/C23H25FN6OS2/c1-13(31)26-17-6-4-5-16(19(17)24)20-21(18-9-10-25-22(27-18)32-3)33-23(28-20)30-14-7-8-15(30)12-29(2)11-14/h4-6,9-10,14-15H,7-8,11-12H2,1-3H3,(H,26,31). The smallest absolute Gasteiger partial charge is 0.221 e. The average molecular weight is 485 g/mol. The first-order valence-electron chi connectivity index (χ1n) is 10.9. The molecule has 0 saturated carbocycles. The van der Waals surface area contributed by atoms with Gasteiger partial charge in [-0.15, -0.1) is 0 Å². The number of thiazole rings is 1. The molecule has 1 N–H and O–H groups in total. The lowest BCUT2D eigenvalue weighted by Gasteiger charge is -2.39. The minimum Gasteiger partial charge on any atom is -0.340 e. The third kappa shape index (κ3) is 4.22. The van der Waals surface area contributed by atoms with E-state index < -0.39 is 5.82 Å². The second-order valence-corrected chi connectivity index (χ2v) is 10.2. The molecule has 7 nitrogen and oxygen atoms in total. The number of anilines is 2. The fourth-order valence-corrected chi connectivity index (χ4v) is 6.32. The number of hydrogen-bond donors (Lipinski definition) is 1. The molecule has 0 spiro atoms. The van der Waals surface area contributed by atoms with Crippen molar-refractivity contribution in [2.75, 3.05) is 36.6 Å². The van der Waals surface area contributed by atoms with Crippen molar-refractivity contribution in [1.82, 2.24) is 19.9 Å². The lowest BCUT2D eigenvalue weighted by Crippen LogP contribution is -2.52. The lowest BCUT2D eigenvalue weighted by atomic mass is 10.1. The van der Waals surface area contributed by atoms with E-state index in [-0.39, 0.29) is 11.6 Å². The summed E-state index contributed by atoms with van der Waals surface area (Å²) in [5.74, 6) is -0.814. The monoisotopic (exact) mass is 484 g/mol. The number of thioether (sulfide) groups is 1. The van der Waals surface area contributed by atoms with Gasteiger partial charge in [-0.1, -0.05) is 29.2 Å². The fourth-order valence-electron chi connectivity index (χ4n) is 4.77. The highest BCUT2D eigenvalue weighted by Crippen LogP contribution is 2.45. The quantitative estimate of drug-likeness (QED) is 0.426. The predicted molar refractivity (Wildman–Crippen MR) is 131 cm³/mol. The lowest BCUT2D eigenvalue weighted by molar-refractivity contribution is -0.114. The number of carbonyl (C=O) groups is 1. The summed E-state index contributed by atoms with van der Waals surface area (Å²) >= 11 is 3.02. The number of nitrogens with one attached hydrogen (secondary N) is 1. The third-order valence-corrected chi connectivity index (χ3v) is 7.77. The molecule has 2 bridgehead atoms. The van der Waals surface area contributed by atoms with Crippen molar-refractivity contribution in [3.63, 3.8) is 0 Å². The second-order valence-electron chi connectivity index (χ2n) is 8.46. The highest BCUT2D eigenvalue weighted by Gasteiger charge is 2.40. The van der Waals surface area contributed by atoms with E-state index in [9.17, 15) is 4.79 Å². The molecule has 172 valence electrons. The molecule has 10 heteroatoms. The van der Waals surface area contributed by atoms with Crippen molar-refractivity contribution in [3.05, 3.63) is 36.3 Å². The van der Waals surface area contributed by atoms with Crippen LogP contribution in [0.25, 0.3) is 21.8 Å². The van der Waals surface area contributed by atoms with Crippen LogP contribution in [-0.2, 0) is 4.79 Å². The van der Waals surface area contributed by atoms with Gasteiger partial charge in [0.25, 0.3) is 0 Å². The topological polar surface area (TPSA) is 74.2 Å². The molecule has 1 amide bonds. The van der Waals surface area contributed by atoms with E-state index >= 15 is 4.39 Å². The number of carbonyl (C=O) groups excluding carboxylic acids is 1. The van der Waals surface area contributed by atoms with Crippen molar-refractivity contribution < 1.29 is 9.18 Å². The Balaban J connectivity index is 1.65. The minimum absolute atomic E-state index is 0.146. The number of halogens is 1. The van der Waals surface area contributed by atoms with E-state index in [1.54, 1.807) is 35.7 Å². The predicted octanol–water partition coefficient (Wildman–Crippen LogP) is 4.37. The van der Waals surface area contributed by atoms with Crippen LogP contribution >= 0.6 is 23.1 Å². The summed E-state index contributed by atoms with van der Waals surface area (Å²) in [5, 5.41) is 4.13. The molecule has 2 unspecified atom stereocenters. The SMILES string of the molecule is CSc1nccc(-c2sc(N3C4CCC3CN(C)C4)nc2-c2cccc(NC(C)=O)c2F)n1. The van der Waals surface area contributed by atoms with Gasteiger partial charge in [0.05, 0.1) is 22.0 Å². The van der Waals surface area contributed by atoms with Gasteiger partial charge in [-0.3, -0.25) is 4.79 Å². The summed E-state index contributed by atoms with van der Waals surface area (Å²) in [6.07, 6.45) is 5.92. The molecule has 2 aliphatic rings. The van der Waals surface area contributed by atoms with Gasteiger partial charge in [-0.05, 0) is 44.3 Å². The molecule has 2 aliphatic heterocycles. The fraction of sp³-hybridized carbons (Fsp3) is 0.391. The Morgan fingerprint density at radius 3 is 2.67 bits per heavy atom. The molecule has 2 aromatic heterocycles. The van der Waals surface area contributed by atoms with Gasteiger partial charge >= 0.3 is 0 Å². The average Bonchev–Trinajstić information content (AvgIpc) is 3.34. The number of aromatic nitrogens is 3. The molecule has 0 aliphatic carbocycles.